The van der Waals surface area contributed by atoms with Crippen molar-refractivity contribution in [2.24, 2.45) is 12.5 Å². The quantitative estimate of drug-likeness (QED) is 0.407. The number of hydrogen-bond donors (Lipinski definition) is 0. The number of aromatic nitrogens is 1. The molecule has 1 aromatic heterocycles. The summed E-state index contributed by atoms with van der Waals surface area (Å²) in [7, 11) is 2.21. The van der Waals surface area contributed by atoms with Crippen LogP contribution in [0.4, 0.5) is 0 Å². The summed E-state index contributed by atoms with van der Waals surface area (Å²) in [6.07, 6.45) is 4.91. The van der Waals surface area contributed by atoms with Crippen LogP contribution < -0.4 is 8.96 Å². The maximum absolute atomic E-state index is 2.52. The van der Waals surface area contributed by atoms with Crippen molar-refractivity contribution >= 4 is 17.7 Å². The fourth-order valence-electron chi connectivity index (χ4n) is 4.02. The maximum atomic E-state index is 2.52. The second kappa shape index (κ2) is 7.88. The molecule has 0 fully saturated rings. The Morgan fingerprint density at radius 3 is 2.15 bits per heavy atom. The summed E-state index contributed by atoms with van der Waals surface area (Å²) in [5.74, 6) is 8.14. The molecule has 0 N–H and O–H groups in total. The van der Waals surface area contributed by atoms with Gasteiger partial charge >= 0.3 is 164 Å². The second-order valence-electron chi connectivity index (χ2n) is 9.29. The van der Waals surface area contributed by atoms with Crippen LogP contribution in [-0.2, 0) is 7.05 Å². The number of rotatable bonds is 6. The second-order valence-corrected chi connectivity index (χ2v) is 19.9. The van der Waals surface area contributed by atoms with Crippen molar-refractivity contribution < 1.29 is 4.57 Å². The Kier molecular flexibility index (Phi) is 6.43. The molecular formula is C24H38GeN+. The summed E-state index contributed by atoms with van der Waals surface area (Å²) in [6.45, 7) is 11.8. The summed E-state index contributed by atoms with van der Waals surface area (Å²) in [6, 6.07) is 11.3. The predicted molar refractivity (Wildman–Crippen MR) is 118 cm³/mol. The summed E-state index contributed by atoms with van der Waals surface area (Å²) in [4.78, 5) is 0. The molecule has 1 aromatic carbocycles. The third-order valence-corrected chi connectivity index (χ3v) is 10.9. The minimum atomic E-state index is -1.98. The molecule has 0 amide bonds. The van der Waals surface area contributed by atoms with Gasteiger partial charge in [-0.05, 0) is 0 Å². The Bertz CT molecular complexity index is 766. The molecular weight excluding hydrogens is 375 g/mol. The van der Waals surface area contributed by atoms with E-state index in [-0.39, 0.29) is 0 Å². The number of benzene rings is 1. The van der Waals surface area contributed by atoms with Crippen LogP contribution in [-0.4, -0.2) is 13.3 Å². The van der Waals surface area contributed by atoms with Gasteiger partial charge in [-0.2, -0.15) is 0 Å². The van der Waals surface area contributed by atoms with E-state index in [2.05, 4.69) is 100 Å². The molecule has 1 heterocycles. The zero-order chi connectivity index (χ0) is 19.7. The Morgan fingerprint density at radius 2 is 1.65 bits per heavy atom. The first-order valence-corrected chi connectivity index (χ1v) is 17.5. The van der Waals surface area contributed by atoms with Crippen molar-refractivity contribution in [3.05, 3.63) is 47.7 Å². The summed E-state index contributed by atoms with van der Waals surface area (Å²) >= 11 is -1.98. The molecule has 0 saturated heterocycles. The Hall–Kier alpha value is -1.09. The first-order valence-electron chi connectivity index (χ1n) is 10.1. The van der Waals surface area contributed by atoms with Crippen LogP contribution in [0.1, 0.15) is 57.6 Å². The Labute approximate surface area is 164 Å². The van der Waals surface area contributed by atoms with Gasteiger partial charge in [0.1, 0.15) is 0 Å². The van der Waals surface area contributed by atoms with Gasteiger partial charge in [0.05, 0.1) is 0 Å². The van der Waals surface area contributed by atoms with Crippen LogP contribution in [0, 0.1) is 12.3 Å². The van der Waals surface area contributed by atoms with Crippen molar-refractivity contribution in [3.8, 4) is 11.3 Å². The van der Waals surface area contributed by atoms with Gasteiger partial charge in [-0.1, -0.05) is 0 Å². The molecule has 2 heteroatoms. The standard InChI is InChI=1S/C24H38GeN/c1-10-24(5,11-2)19(4)21-16-23(20-15-13-12-14-18(20)3)26(9)17-22(21)25(6,7)8/h12-17,19H,10-11H2,1-9H3/q+1. The summed E-state index contributed by atoms with van der Waals surface area (Å²) in [5.41, 5.74) is 5.99. The monoisotopic (exact) mass is 414 g/mol. The Balaban J connectivity index is 2.76. The molecule has 1 unspecified atom stereocenters. The van der Waals surface area contributed by atoms with Crippen LogP contribution in [0.5, 0.6) is 0 Å². The van der Waals surface area contributed by atoms with E-state index in [1.54, 1.807) is 9.96 Å². The van der Waals surface area contributed by atoms with E-state index in [0.29, 0.717) is 11.3 Å². The van der Waals surface area contributed by atoms with E-state index in [1.807, 2.05) is 0 Å². The van der Waals surface area contributed by atoms with Crippen LogP contribution in [0.2, 0.25) is 17.3 Å². The average molecular weight is 413 g/mol. The fraction of sp³-hybridized carbons (Fsp3) is 0.542. The molecule has 26 heavy (non-hydrogen) atoms. The molecule has 1 atom stereocenters. The van der Waals surface area contributed by atoms with Crippen LogP contribution in [0.15, 0.2) is 36.5 Å². The SMILES string of the molecule is CCC(C)(CC)C(C)c1cc(-c2ccccc2C)[n+](C)c[c]1[Ge]([CH3])([CH3])[CH3]. The molecule has 0 aliphatic rings. The molecule has 2 aromatic rings. The van der Waals surface area contributed by atoms with Gasteiger partial charge in [-0.3, -0.25) is 0 Å². The molecule has 0 aliphatic heterocycles. The van der Waals surface area contributed by atoms with Crippen LogP contribution >= 0.6 is 0 Å². The van der Waals surface area contributed by atoms with Gasteiger partial charge in [-0.25, -0.2) is 0 Å². The van der Waals surface area contributed by atoms with Gasteiger partial charge in [0.25, 0.3) is 0 Å². The number of nitrogens with zero attached hydrogens (tertiary/aromatic N) is 1. The first kappa shape index (κ1) is 21.2. The van der Waals surface area contributed by atoms with E-state index in [9.17, 15) is 0 Å². The van der Waals surface area contributed by atoms with Crippen LogP contribution in [0.25, 0.3) is 11.3 Å². The molecule has 0 saturated carbocycles. The van der Waals surface area contributed by atoms with Crippen molar-refractivity contribution in [3.63, 3.8) is 0 Å². The Morgan fingerprint density at radius 1 is 1.08 bits per heavy atom. The molecule has 142 valence electrons. The predicted octanol–water partition coefficient (Wildman–Crippen LogP) is 5.96. The van der Waals surface area contributed by atoms with Crippen molar-refractivity contribution in [2.45, 2.75) is 70.6 Å². The van der Waals surface area contributed by atoms with Gasteiger partial charge < -0.3 is 0 Å². The number of hydrogen-bond acceptors (Lipinski definition) is 0. The zero-order valence-electron chi connectivity index (χ0n) is 18.4. The third-order valence-electron chi connectivity index (χ3n) is 6.66. The van der Waals surface area contributed by atoms with E-state index in [0.717, 1.165) is 0 Å². The van der Waals surface area contributed by atoms with E-state index < -0.39 is 13.3 Å². The van der Waals surface area contributed by atoms with Crippen molar-refractivity contribution in [1.82, 2.24) is 0 Å². The number of aryl methyl sites for hydroxylation is 2. The van der Waals surface area contributed by atoms with Crippen molar-refractivity contribution in [1.29, 1.82) is 0 Å². The van der Waals surface area contributed by atoms with Crippen LogP contribution in [0.3, 0.4) is 0 Å². The average Bonchev–Trinajstić information content (AvgIpc) is 2.60. The van der Waals surface area contributed by atoms with E-state index in [4.69, 9.17) is 0 Å². The summed E-state index contributed by atoms with van der Waals surface area (Å²) < 4.78 is 4.02. The molecule has 0 radical (unpaired) electrons. The van der Waals surface area contributed by atoms with Gasteiger partial charge in [-0.15, -0.1) is 0 Å². The topological polar surface area (TPSA) is 3.88 Å². The van der Waals surface area contributed by atoms with Crippen molar-refractivity contribution in [2.75, 3.05) is 0 Å². The zero-order valence-corrected chi connectivity index (χ0v) is 20.5. The molecule has 2 rings (SSSR count). The normalized spacial score (nSPS) is 13.7. The third kappa shape index (κ3) is 4.08. The van der Waals surface area contributed by atoms with Gasteiger partial charge in [0.2, 0.25) is 0 Å². The van der Waals surface area contributed by atoms with E-state index in [1.165, 1.54) is 29.7 Å². The number of pyridine rings is 1. The van der Waals surface area contributed by atoms with Gasteiger partial charge in [0, 0.05) is 0 Å². The minimum absolute atomic E-state index is 0.352. The molecule has 0 bridgehead atoms. The van der Waals surface area contributed by atoms with Gasteiger partial charge in [0.15, 0.2) is 0 Å². The fourth-order valence-corrected chi connectivity index (χ4v) is 7.66. The molecule has 0 aliphatic carbocycles. The van der Waals surface area contributed by atoms with E-state index >= 15 is 0 Å². The summed E-state index contributed by atoms with van der Waals surface area (Å²) in [5, 5.41) is 0. The molecule has 0 spiro atoms. The first-order chi connectivity index (χ1) is 12.0. The molecule has 1 nitrogen and oxygen atoms in total.